The average Bonchev–Trinajstić information content (AvgIpc) is 2.36. The Kier molecular flexibility index (Phi) is 4.49. The minimum Gasteiger partial charge on any atom is -0.385 e. The number of carbonyl (C=O) groups excluding carboxylic acids is 1. The van der Waals surface area contributed by atoms with Gasteiger partial charge in [-0.25, -0.2) is 0 Å². The summed E-state index contributed by atoms with van der Waals surface area (Å²) in [6, 6.07) is 6.14. The van der Waals surface area contributed by atoms with Gasteiger partial charge in [-0.15, -0.1) is 11.8 Å². The lowest BCUT2D eigenvalue weighted by Gasteiger charge is -2.22. The molecule has 3 N–H and O–H groups in total. The van der Waals surface area contributed by atoms with Crippen LogP contribution in [0.5, 0.6) is 0 Å². The standard InChI is InChI=1S/C13H19N3OS/c1-9-13(17)16-11-8-10(4-5-12(11)18-9)15-7-3-6-14-2/h4-5,8-9,14-15H,3,6-7H2,1-2H3,(H,16,17). The van der Waals surface area contributed by atoms with Crippen LogP contribution in [0, 0.1) is 0 Å². The molecule has 0 aromatic heterocycles. The SMILES string of the molecule is CNCCCNc1ccc2c(c1)NC(=O)C(C)S2. The van der Waals surface area contributed by atoms with Crippen molar-refractivity contribution in [3.05, 3.63) is 18.2 Å². The van der Waals surface area contributed by atoms with Crippen molar-refractivity contribution in [2.75, 3.05) is 30.8 Å². The number of fused-ring (bicyclic) bond motifs is 1. The van der Waals surface area contributed by atoms with Gasteiger partial charge in [0.05, 0.1) is 10.9 Å². The fourth-order valence-electron chi connectivity index (χ4n) is 1.82. The minimum absolute atomic E-state index is 0.00747. The first-order valence-electron chi connectivity index (χ1n) is 6.21. The maximum Gasteiger partial charge on any atom is 0.237 e. The number of benzene rings is 1. The van der Waals surface area contributed by atoms with Gasteiger partial charge in [0.2, 0.25) is 5.91 Å². The molecule has 1 atom stereocenters. The molecule has 1 aromatic carbocycles. The van der Waals surface area contributed by atoms with Crippen molar-refractivity contribution < 1.29 is 4.79 Å². The summed E-state index contributed by atoms with van der Waals surface area (Å²) in [6.07, 6.45) is 1.08. The zero-order valence-corrected chi connectivity index (χ0v) is 11.6. The van der Waals surface area contributed by atoms with Gasteiger partial charge >= 0.3 is 0 Å². The predicted molar refractivity (Wildman–Crippen MR) is 77.4 cm³/mol. The smallest absolute Gasteiger partial charge is 0.237 e. The number of nitrogens with one attached hydrogen (secondary N) is 3. The van der Waals surface area contributed by atoms with Crippen LogP contribution in [-0.2, 0) is 4.79 Å². The molecular formula is C13H19N3OS. The summed E-state index contributed by atoms with van der Waals surface area (Å²) >= 11 is 1.61. The van der Waals surface area contributed by atoms with Crippen LogP contribution in [0.3, 0.4) is 0 Å². The molecule has 18 heavy (non-hydrogen) atoms. The predicted octanol–water partition coefficient (Wildman–Crippen LogP) is 2.14. The van der Waals surface area contributed by atoms with Crippen molar-refractivity contribution in [1.82, 2.24) is 5.32 Å². The summed E-state index contributed by atoms with van der Waals surface area (Å²) < 4.78 is 0. The van der Waals surface area contributed by atoms with Crippen molar-refractivity contribution in [3.8, 4) is 0 Å². The fourth-order valence-corrected chi connectivity index (χ4v) is 2.75. The Morgan fingerprint density at radius 3 is 3.00 bits per heavy atom. The van der Waals surface area contributed by atoms with Crippen LogP contribution in [0.15, 0.2) is 23.1 Å². The maximum atomic E-state index is 11.6. The highest BCUT2D eigenvalue weighted by Gasteiger charge is 2.22. The Balaban J connectivity index is 1.99. The average molecular weight is 265 g/mol. The lowest BCUT2D eigenvalue weighted by molar-refractivity contribution is -0.115. The van der Waals surface area contributed by atoms with E-state index in [1.807, 2.05) is 20.0 Å². The molecule has 0 spiro atoms. The molecule has 1 aliphatic rings. The Hall–Kier alpha value is -1.20. The molecule has 0 aliphatic carbocycles. The Morgan fingerprint density at radius 1 is 1.39 bits per heavy atom. The van der Waals surface area contributed by atoms with Gasteiger partial charge in [-0.1, -0.05) is 0 Å². The van der Waals surface area contributed by atoms with Gasteiger partial charge < -0.3 is 16.0 Å². The molecule has 0 fully saturated rings. The third-order valence-electron chi connectivity index (χ3n) is 2.84. The van der Waals surface area contributed by atoms with Crippen LogP contribution in [0.2, 0.25) is 0 Å². The van der Waals surface area contributed by atoms with E-state index in [4.69, 9.17) is 0 Å². The molecule has 4 nitrogen and oxygen atoms in total. The van der Waals surface area contributed by atoms with Crippen molar-refractivity contribution in [2.45, 2.75) is 23.5 Å². The van der Waals surface area contributed by atoms with Crippen molar-refractivity contribution in [2.24, 2.45) is 0 Å². The van der Waals surface area contributed by atoms with Crippen LogP contribution in [0.25, 0.3) is 0 Å². The van der Waals surface area contributed by atoms with Gasteiger partial charge in [-0.3, -0.25) is 4.79 Å². The molecule has 1 amide bonds. The molecule has 98 valence electrons. The first-order valence-corrected chi connectivity index (χ1v) is 7.08. The first-order chi connectivity index (χ1) is 8.70. The molecule has 1 unspecified atom stereocenters. The van der Waals surface area contributed by atoms with E-state index in [1.165, 1.54) is 0 Å². The van der Waals surface area contributed by atoms with E-state index in [0.29, 0.717) is 0 Å². The number of amides is 1. The molecule has 5 heteroatoms. The number of anilines is 2. The molecule has 1 aromatic rings. The number of rotatable bonds is 5. The van der Waals surface area contributed by atoms with Gasteiger partial charge in [0, 0.05) is 17.1 Å². The van der Waals surface area contributed by atoms with E-state index in [0.717, 1.165) is 35.8 Å². The molecule has 0 saturated carbocycles. The van der Waals surface area contributed by atoms with Crippen molar-refractivity contribution in [3.63, 3.8) is 0 Å². The van der Waals surface area contributed by atoms with Gasteiger partial charge in [0.15, 0.2) is 0 Å². The number of thioether (sulfide) groups is 1. The van der Waals surface area contributed by atoms with Gasteiger partial charge in [-0.05, 0) is 45.1 Å². The summed E-state index contributed by atoms with van der Waals surface area (Å²) in [5.41, 5.74) is 1.97. The van der Waals surface area contributed by atoms with E-state index >= 15 is 0 Å². The quantitative estimate of drug-likeness (QED) is 0.714. The normalized spacial score (nSPS) is 18.1. The summed E-state index contributed by atoms with van der Waals surface area (Å²) in [6.45, 7) is 3.85. The lowest BCUT2D eigenvalue weighted by Crippen LogP contribution is -2.26. The molecular weight excluding hydrogens is 246 g/mol. The number of hydrogen-bond donors (Lipinski definition) is 3. The number of carbonyl (C=O) groups is 1. The van der Waals surface area contributed by atoms with E-state index in [9.17, 15) is 4.79 Å². The third kappa shape index (κ3) is 3.17. The Morgan fingerprint density at radius 2 is 2.22 bits per heavy atom. The highest BCUT2D eigenvalue weighted by molar-refractivity contribution is 8.00. The van der Waals surface area contributed by atoms with Gasteiger partial charge in [-0.2, -0.15) is 0 Å². The van der Waals surface area contributed by atoms with Crippen LogP contribution in [0.1, 0.15) is 13.3 Å². The summed E-state index contributed by atoms with van der Waals surface area (Å²) in [5, 5.41) is 9.40. The van der Waals surface area contributed by atoms with Crippen molar-refractivity contribution >= 4 is 29.0 Å². The van der Waals surface area contributed by atoms with E-state index in [1.54, 1.807) is 11.8 Å². The Bertz CT molecular complexity index is 436. The molecule has 0 radical (unpaired) electrons. The highest BCUT2D eigenvalue weighted by atomic mass is 32.2. The molecule has 2 rings (SSSR count). The zero-order valence-electron chi connectivity index (χ0n) is 10.7. The molecule has 1 aliphatic heterocycles. The van der Waals surface area contributed by atoms with E-state index < -0.39 is 0 Å². The summed E-state index contributed by atoms with van der Waals surface area (Å²) in [7, 11) is 1.95. The fraction of sp³-hybridized carbons (Fsp3) is 0.462. The van der Waals surface area contributed by atoms with E-state index in [-0.39, 0.29) is 11.2 Å². The second-order valence-corrected chi connectivity index (χ2v) is 5.73. The van der Waals surface area contributed by atoms with Gasteiger partial charge in [0.25, 0.3) is 0 Å². The van der Waals surface area contributed by atoms with Gasteiger partial charge in [0.1, 0.15) is 0 Å². The number of hydrogen-bond acceptors (Lipinski definition) is 4. The first kappa shape index (κ1) is 13.2. The monoisotopic (exact) mass is 265 g/mol. The van der Waals surface area contributed by atoms with Crippen LogP contribution < -0.4 is 16.0 Å². The van der Waals surface area contributed by atoms with Crippen LogP contribution in [-0.4, -0.2) is 31.3 Å². The highest BCUT2D eigenvalue weighted by Crippen LogP contribution is 2.36. The third-order valence-corrected chi connectivity index (χ3v) is 4.02. The summed E-state index contributed by atoms with van der Waals surface area (Å²) in [4.78, 5) is 12.7. The van der Waals surface area contributed by atoms with Crippen LogP contribution in [0.4, 0.5) is 11.4 Å². The Labute approximate surface area is 112 Å². The molecule has 0 saturated heterocycles. The largest absolute Gasteiger partial charge is 0.385 e. The molecule has 0 bridgehead atoms. The maximum absolute atomic E-state index is 11.6. The second kappa shape index (κ2) is 6.11. The zero-order chi connectivity index (χ0) is 13.0. The topological polar surface area (TPSA) is 53.2 Å². The summed E-state index contributed by atoms with van der Waals surface area (Å²) in [5.74, 6) is 0.0832. The van der Waals surface area contributed by atoms with Crippen LogP contribution >= 0.6 is 11.8 Å². The lowest BCUT2D eigenvalue weighted by atomic mass is 10.2. The van der Waals surface area contributed by atoms with E-state index in [2.05, 4.69) is 28.1 Å². The second-order valence-electron chi connectivity index (χ2n) is 4.34. The van der Waals surface area contributed by atoms with Crippen molar-refractivity contribution in [1.29, 1.82) is 0 Å². The minimum atomic E-state index is -0.00747. The molecule has 1 heterocycles.